The number of allylic oxidation sites excluding steroid dienone is 3. The molecule has 1 saturated heterocycles. The molecule has 26 heavy (non-hydrogen) atoms. The van der Waals surface area contributed by atoms with E-state index < -0.39 is 0 Å². The highest BCUT2D eigenvalue weighted by Crippen LogP contribution is 2.47. The van der Waals surface area contributed by atoms with Gasteiger partial charge in [-0.25, -0.2) is 4.79 Å². The van der Waals surface area contributed by atoms with E-state index in [0.29, 0.717) is 18.2 Å². The fourth-order valence-electron chi connectivity index (χ4n) is 3.25. The second kappa shape index (κ2) is 7.02. The molecule has 1 aliphatic heterocycles. The van der Waals surface area contributed by atoms with E-state index in [1.165, 1.54) is 9.36 Å². The van der Waals surface area contributed by atoms with Crippen LogP contribution < -0.4 is 5.69 Å². The fourth-order valence-corrected chi connectivity index (χ4v) is 3.25. The summed E-state index contributed by atoms with van der Waals surface area (Å²) < 4.78 is 14.2. The molecule has 7 nitrogen and oxygen atoms in total. The number of hydrogen-bond acceptors (Lipinski definition) is 5. The molecule has 0 saturated carbocycles. The van der Waals surface area contributed by atoms with E-state index in [1.807, 2.05) is 0 Å². The van der Waals surface area contributed by atoms with Crippen LogP contribution in [0.3, 0.4) is 0 Å². The minimum Gasteiger partial charge on any atom is -0.491 e. The average molecular weight is 362 g/mol. The standard InChI is InChI=1S/C19H30N4O3/c1-18(2,3)19(4)9-6-16(26-13-14-7-10-25-11-8-14)15(12-19)23-17(24)22(5)20-21-23/h6,12,14H,7-11,13H2,1-5H3. The third kappa shape index (κ3) is 3.63. The Kier molecular flexibility index (Phi) is 5.10. The zero-order valence-corrected chi connectivity index (χ0v) is 16.5. The normalized spacial score (nSPS) is 25.0. The Labute approximate surface area is 154 Å². The maximum Gasteiger partial charge on any atom is 0.368 e. The molecule has 0 aromatic carbocycles. The zero-order chi connectivity index (χ0) is 18.9. The van der Waals surface area contributed by atoms with Gasteiger partial charge in [-0.15, -0.1) is 0 Å². The lowest BCUT2D eigenvalue weighted by atomic mass is 9.64. The fraction of sp³-hybridized carbons (Fsp3) is 0.737. The Hall–Kier alpha value is -1.89. The van der Waals surface area contributed by atoms with Crippen molar-refractivity contribution in [3.63, 3.8) is 0 Å². The summed E-state index contributed by atoms with van der Waals surface area (Å²) in [4.78, 5) is 12.4. The Morgan fingerprint density at radius 1 is 1.31 bits per heavy atom. The molecule has 0 bridgehead atoms. The van der Waals surface area contributed by atoms with Crippen molar-refractivity contribution in [3.05, 3.63) is 28.4 Å². The highest BCUT2D eigenvalue weighted by molar-refractivity contribution is 5.63. The lowest BCUT2D eigenvalue weighted by Gasteiger charge is -2.41. The summed E-state index contributed by atoms with van der Waals surface area (Å²) in [6.45, 7) is 11.1. The van der Waals surface area contributed by atoms with Crippen LogP contribution in [-0.4, -0.2) is 39.6 Å². The largest absolute Gasteiger partial charge is 0.491 e. The molecule has 1 aromatic rings. The number of ether oxygens (including phenoxy) is 2. The van der Waals surface area contributed by atoms with Crippen LogP contribution in [0.2, 0.25) is 0 Å². The monoisotopic (exact) mass is 362 g/mol. The number of aromatic nitrogens is 4. The first-order valence-electron chi connectivity index (χ1n) is 9.34. The predicted octanol–water partition coefficient (Wildman–Crippen LogP) is 2.60. The van der Waals surface area contributed by atoms with Gasteiger partial charge in [0.1, 0.15) is 11.5 Å². The number of rotatable bonds is 4. The smallest absolute Gasteiger partial charge is 0.368 e. The Morgan fingerprint density at radius 2 is 2.00 bits per heavy atom. The molecule has 1 unspecified atom stereocenters. The molecular weight excluding hydrogens is 332 g/mol. The third-order valence-electron chi connectivity index (χ3n) is 5.90. The molecule has 0 spiro atoms. The van der Waals surface area contributed by atoms with Gasteiger partial charge >= 0.3 is 5.69 Å². The number of nitrogens with zero attached hydrogens (tertiary/aromatic N) is 4. The van der Waals surface area contributed by atoms with Gasteiger partial charge in [-0.1, -0.05) is 27.7 Å². The van der Waals surface area contributed by atoms with E-state index >= 15 is 0 Å². The van der Waals surface area contributed by atoms with Gasteiger partial charge in [-0.2, -0.15) is 9.36 Å². The van der Waals surface area contributed by atoms with Crippen molar-refractivity contribution in [1.82, 2.24) is 19.8 Å². The van der Waals surface area contributed by atoms with Gasteiger partial charge in [-0.05, 0) is 58.6 Å². The maximum absolute atomic E-state index is 12.4. The van der Waals surface area contributed by atoms with Gasteiger partial charge in [0.25, 0.3) is 0 Å². The van der Waals surface area contributed by atoms with Crippen molar-refractivity contribution in [1.29, 1.82) is 0 Å². The second-order valence-electron chi connectivity index (χ2n) is 8.63. The third-order valence-corrected chi connectivity index (χ3v) is 5.90. The molecule has 1 atom stereocenters. The van der Waals surface area contributed by atoms with Crippen LogP contribution in [0.5, 0.6) is 0 Å². The predicted molar refractivity (Wildman–Crippen MR) is 99.3 cm³/mol. The van der Waals surface area contributed by atoms with Crippen LogP contribution in [0.25, 0.3) is 5.70 Å². The molecule has 0 radical (unpaired) electrons. The van der Waals surface area contributed by atoms with E-state index in [2.05, 4.69) is 50.3 Å². The van der Waals surface area contributed by atoms with Crippen LogP contribution in [0.1, 0.15) is 47.0 Å². The van der Waals surface area contributed by atoms with E-state index in [-0.39, 0.29) is 16.5 Å². The Bertz CT molecular complexity index is 762. The summed E-state index contributed by atoms with van der Waals surface area (Å²) in [5.41, 5.74) is 0.353. The summed E-state index contributed by atoms with van der Waals surface area (Å²) in [7, 11) is 1.60. The molecule has 1 fully saturated rings. The lowest BCUT2D eigenvalue weighted by molar-refractivity contribution is 0.0382. The van der Waals surface area contributed by atoms with Crippen molar-refractivity contribution in [3.8, 4) is 0 Å². The van der Waals surface area contributed by atoms with Crippen molar-refractivity contribution >= 4 is 5.70 Å². The minimum atomic E-state index is -0.269. The Morgan fingerprint density at radius 3 is 2.58 bits per heavy atom. The molecule has 2 aliphatic rings. The summed E-state index contributed by atoms with van der Waals surface area (Å²) >= 11 is 0. The Balaban J connectivity index is 1.89. The van der Waals surface area contributed by atoms with Crippen molar-refractivity contribution in [2.45, 2.75) is 47.0 Å². The van der Waals surface area contributed by atoms with Crippen LogP contribution in [0, 0.1) is 16.7 Å². The van der Waals surface area contributed by atoms with Gasteiger partial charge in [0.2, 0.25) is 0 Å². The molecule has 0 N–H and O–H groups in total. The number of hydrogen-bond donors (Lipinski definition) is 0. The molecule has 1 aliphatic carbocycles. The number of aryl methyl sites for hydroxylation is 1. The van der Waals surface area contributed by atoms with Crippen LogP contribution >= 0.6 is 0 Å². The highest BCUT2D eigenvalue weighted by atomic mass is 16.5. The SMILES string of the molecule is Cn1nnn(C2=CC(C)(C(C)(C)C)CC=C2OCC2CCOCC2)c1=O. The molecule has 7 heteroatoms. The first-order valence-corrected chi connectivity index (χ1v) is 9.34. The van der Waals surface area contributed by atoms with Crippen LogP contribution in [0.15, 0.2) is 22.7 Å². The van der Waals surface area contributed by atoms with Crippen molar-refractivity contribution in [2.75, 3.05) is 19.8 Å². The molecule has 1 aromatic heterocycles. The van der Waals surface area contributed by atoms with Crippen molar-refractivity contribution < 1.29 is 9.47 Å². The van der Waals surface area contributed by atoms with E-state index in [0.717, 1.165) is 38.2 Å². The zero-order valence-electron chi connectivity index (χ0n) is 16.5. The van der Waals surface area contributed by atoms with Crippen LogP contribution in [0.4, 0.5) is 0 Å². The summed E-state index contributed by atoms with van der Waals surface area (Å²) in [6.07, 6.45) is 7.11. The summed E-state index contributed by atoms with van der Waals surface area (Å²) in [5, 5.41) is 7.90. The van der Waals surface area contributed by atoms with Crippen LogP contribution in [-0.2, 0) is 16.5 Å². The van der Waals surface area contributed by atoms with Gasteiger partial charge in [0.15, 0.2) is 0 Å². The molecule has 3 rings (SSSR count). The highest BCUT2D eigenvalue weighted by Gasteiger charge is 2.39. The lowest BCUT2D eigenvalue weighted by Crippen LogP contribution is -2.35. The second-order valence-corrected chi connectivity index (χ2v) is 8.63. The topological polar surface area (TPSA) is 71.2 Å². The van der Waals surface area contributed by atoms with Gasteiger partial charge < -0.3 is 9.47 Å². The summed E-state index contributed by atoms with van der Waals surface area (Å²) in [6, 6.07) is 0. The van der Waals surface area contributed by atoms with E-state index in [9.17, 15) is 4.79 Å². The first kappa shape index (κ1) is 18.9. The number of tetrazole rings is 1. The van der Waals surface area contributed by atoms with Crippen molar-refractivity contribution in [2.24, 2.45) is 23.8 Å². The van der Waals surface area contributed by atoms with E-state index in [1.54, 1.807) is 7.05 Å². The summed E-state index contributed by atoms with van der Waals surface area (Å²) in [5.74, 6) is 1.21. The molecule has 2 heterocycles. The average Bonchev–Trinajstić information content (AvgIpc) is 2.93. The molecule has 0 amide bonds. The van der Waals surface area contributed by atoms with Gasteiger partial charge in [-0.3, -0.25) is 0 Å². The minimum absolute atomic E-state index is 0.0345. The van der Waals surface area contributed by atoms with Gasteiger partial charge in [0, 0.05) is 20.3 Å². The first-order chi connectivity index (χ1) is 12.2. The van der Waals surface area contributed by atoms with Gasteiger partial charge in [0.05, 0.1) is 6.61 Å². The quantitative estimate of drug-likeness (QED) is 0.823. The molecular formula is C19H30N4O3. The maximum atomic E-state index is 12.4. The molecule has 144 valence electrons. The van der Waals surface area contributed by atoms with E-state index in [4.69, 9.17) is 9.47 Å².